The average Bonchev–Trinajstić information content (AvgIpc) is 2.89. The monoisotopic (exact) mass is 369 g/mol. The fourth-order valence-electron chi connectivity index (χ4n) is 2.06. The molecule has 0 aliphatic rings. The van der Waals surface area contributed by atoms with Crippen LogP contribution in [0.1, 0.15) is 22.0 Å². The first-order chi connectivity index (χ1) is 10.8. The molecule has 6 nitrogen and oxygen atoms in total. The van der Waals surface area contributed by atoms with Gasteiger partial charge in [-0.25, -0.2) is 9.50 Å². The maximum atomic E-state index is 12.3. The number of nitrogens with one attached hydrogen (secondary N) is 1. The number of hydrogen-bond acceptors (Lipinski definition) is 4. The molecule has 0 unspecified atom stereocenters. The number of anilines is 1. The van der Waals surface area contributed by atoms with Crippen molar-refractivity contribution < 1.29 is 4.79 Å². The SMILES string of the molecule is Cc1cc(C)n2nc(C(=O)Nc3cc(Cl)c(Cl)cc3Cl)nc2n1. The van der Waals surface area contributed by atoms with Gasteiger partial charge >= 0.3 is 0 Å². The molecule has 0 spiro atoms. The van der Waals surface area contributed by atoms with E-state index in [2.05, 4.69) is 20.4 Å². The molecule has 2 heterocycles. The molecule has 9 heteroatoms. The Balaban J connectivity index is 1.95. The van der Waals surface area contributed by atoms with Gasteiger partial charge in [-0.15, -0.1) is 5.10 Å². The molecule has 0 fully saturated rings. The predicted octanol–water partition coefficient (Wildman–Crippen LogP) is 3.95. The number of aryl methyl sites for hydroxylation is 2. The lowest BCUT2D eigenvalue weighted by Gasteiger charge is -2.06. The van der Waals surface area contributed by atoms with Crippen molar-refractivity contribution in [2.75, 3.05) is 5.32 Å². The van der Waals surface area contributed by atoms with Crippen molar-refractivity contribution >= 4 is 52.2 Å². The molecule has 0 atom stereocenters. The van der Waals surface area contributed by atoms with Crippen LogP contribution in [-0.2, 0) is 0 Å². The van der Waals surface area contributed by atoms with Gasteiger partial charge in [0.25, 0.3) is 11.7 Å². The van der Waals surface area contributed by atoms with Gasteiger partial charge in [0.2, 0.25) is 5.82 Å². The van der Waals surface area contributed by atoms with Crippen molar-refractivity contribution in [3.8, 4) is 0 Å². The van der Waals surface area contributed by atoms with E-state index in [1.165, 1.54) is 16.6 Å². The van der Waals surface area contributed by atoms with Gasteiger partial charge in [0.1, 0.15) is 0 Å². The number of benzene rings is 1. The summed E-state index contributed by atoms with van der Waals surface area (Å²) in [5.74, 6) is -0.186. The zero-order valence-corrected chi connectivity index (χ0v) is 14.3. The van der Waals surface area contributed by atoms with Crippen molar-refractivity contribution in [2.24, 2.45) is 0 Å². The molecule has 1 N–H and O–H groups in total. The summed E-state index contributed by atoms with van der Waals surface area (Å²) in [5.41, 5.74) is 1.94. The molecule has 0 radical (unpaired) electrons. The molecule has 0 aliphatic carbocycles. The molecular weight excluding hydrogens is 361 g/mol. The second kappa shape index (κ2) is 5.96. The van der Waals surface area contributed by atoms with Gasteiger partial charge in [0, 0.05) is 11.4 Å². The second-order valence-electron chi connectivity index (χ2n) is 4.89. The van der Waals surface area contributed by atoms with Gasteiger partial charge < -0.3 is 5.32 Å². The van der Waals surface area contributed by atoms with E-state index < -0.39 is 5.91 Å². The van der Waals surface area contributed by atoms with E-state index in [4.69, 9.17) is 34.8 Å². The highest BCUT2D eigenvalue weighted by atomic mass is 35.5. The zero-order chi connectivity index (χ0) is 16.7. The van der Waals surface area contributed by atoms with Gasteiger partial charge in [0.05, 0.1) is 20.8 Å². The molecule has 0 saturated carbocycles. The highest BCUT2D eigenvalue weighted by molar-refractivity contribution is 6.44. The van der Waals surface area contributed by atoms with Crippen LogP contribution in [0.2, 0.25) is 15.1 Å². The third-order valence-electron chi connectivity index (χ3n) is 3.08. The van der Waals surface area contributed by atoms with Crippen LogP contribution in [0.25, 0.3) is 5.78 Å². The van der Waals surface area contributed by atoms with E-state index in [0.29, 0.717) is 16.5 Å². The Kier molecular flexibility index (Phi) is 4.14. The molecule has 0 aliphatic heterocycles. The van der Waals surface area contributed by atoms with E-state index >= 15 is 0 Å². The number of carbonyl (C=O) groups is 1. The van der Waals surface area contributed by atoms with Gasteiger partial charge in [-0.05, 0) is 32.0 Å². The van der Waals surface area contributed by atoms with Crippen LogP contribution in [0.15, 0.2) is 18.2 Å². The van der Waals surface area contributed by atoms with Crippen molar-refractivity contribution in [3.05, 3.63) is 50.5 Å². The molecule has 3 rings (SSSR count). The lowest BCUT2D eigenvalue weighted by Crippen LogP contribution is -2.14. The number of nitrogens with zero attached hydrogens (tertiary/aromatic N) is 4. The minimum absolute atomic E-state index is 0.0201. The first kappa shape index (κ1) is 16.0. The van der Waals surface area contributed by atoms with Crippen LogP contribution < -0.4 is 5.32 Å². The molecule has 118 valence electrons. The molecule has 1 amide bonds. The van der Waals surface area contributed by atoms with Crippen LogP contribution in [0.5, 0.6) is 0 Å². The Hall–Kier alpha value is -1.89. The third kappa shape index (κ3) is 3.10. The van der Waals surface area contributed by atoms with Gasteiger partial charge in [-0.3, -0.25) is 4.79 Å². The van der Waals surface area contributed by atoms with Crippen molar-refractivity contribution in [2.45, 2.75) is 13.8 Å². The van der Waals surface area contributed by atoms with E-state index in [9.17, 15) is 4.79 Å². The number of amides is 1. The first-order valence-electron chi connectivity index (χ1n) is 6.52. The van der Waals surface area contributed by atoms with Gasteiger partial charge in [0.15, 0.2) is 0 Å². The van der Waals surface area contributed by atoms with E-state index in [1.54, 1.807) is 0 Å². The predicted molar refractivity (Wildman–Crippen MR) is 89.7 cm³/mol. The van der Waals surface area contributed by atoms with Crippen LogP contribution in [-0.4, -0.2) is 25.5 Å². The van der Waals surface area contributed by atoms with Gasteiger partial charge in [-0.1, -0.05) is 34.8 Å². The number of halogens is 3. The Labute approximate surface area is 146 Å². The maximum absolute atomic E-state index is 12.3. The highest BCUT2D eigenvalue weighted by Crippen LogP contribution is 2.32. The molecule has 0 bridgehead atoms. The topological polar surface area (TPSA) is 72.2 Å². The fourth-order valence-corrected chi connectivity index (χ4v) is 2.65. The van der Waals surface area contributed by atoms with Crippen LogP contribution in [0.4, 0.5) is 5.69 Å². The quantitative estimate of drug-likeness (QED) is 0.693. The molecule has 23 heavy (non-hydrogen) atoms. The lowest BCUT2D eigenvalue weighted by molar-refractivity contribution is 0.101. The molecular formula is C14H10Cl3N5O. The highest BCUT2D eigenvalue weighted by Gasteiger charge is 2.17. The minimum Gasteiger partial charge on any atom is -0.318 e. The summed E-state index contributed by atoms with van der Waals surface area (Å²) < 4.78 is 1.50. The van der Waals surface area contributed by atoms with E-state index in [-0.39, 0.29) is 15.9 Å². The second-order valence-corrected chi connectivity index (χ2v) is 6.11. The number of aromatic nitrogens is 4. The standard InChI is InChI=1S/C14H10Cl3N5O/c1-6-3-7(2)22-14(18-6)20-12(21-22)13(23)19-11-5-9(16)8(15)4-10(11)17/h3-5H,1-2H3,(H,19,23). The van der Waals surface area contributed by atoms with Crippen LogP contribution in [0, 0.1) is 13.8 Å². The van der Waals surface area contributed by atoms with Crippen LogP contribution >= 0.6 is 34.8 Å². The number of fused-ring (bicyclic) bond motifs is 1. The normalized spacial score (nSPS) is 11.0. The Morgan fingerprint density at radius 3 is 2.48 bits per heavy atom. The molecule has 2 aromatic heterocycles. The average molecular weight is 371 g/mol. The summed E-state index contributed by atoms with van der Waals surface area (Å²) in [6.45, 7) is 3.70. The zero-order valence-electron chi connectivity index (χ0n) is 12.1. The van der Waals surface area contributed by atoms with Crippen molar-refractivity contribution in [1.82, 2.24) is 19.6 Å². The van der Waals surface area contributed by atoms with Crippen molar-refractivity contribution in [1.29, 1.82) is 0 Å². The third-order valence-corrected chi connectivity index (χ3v) is 4.11. The van der Waals surface area contributed by atoms with Gasteiger partial charge in [-0.2, -0.15) is 4.98 Å². The summed E-state index contributed by atoms with van der Waals surface area (Å²) in [4.78, 5) is 20.7. The number of carbonyl (C=O) groups excluding carboxylic acids is 1. The Bertz CT molecular complexity index is 938. The largest absolute Gasteiger partial charge is 0.318 e. The summed E-state index contributed by atoms with van der Waals surface area (Å²) in [6, 6.07) is 4.76. The summed E-state index contributed by atoms with van der Waals surface area (Å²) in [7, 11) is 0. The Morgan fingerprint density at radius 1 is 1.04 bits per heavy atom. The van der Waals surface area contributed by atoms with Crippen LogP contribution in [0.3, 0.4) is 0 Å². The first-order valence-corrected chi connectivity index (χ1v) is 7.65. The fraction of sp³-hybridized carbons (Fsp3) is 0.143. The maximum Gasteiger partial charge on any atom is 0.295 e. The summed E-state index contributed by atoms with van der Waals surface area (Å²) in [6.07, 6.45) is 0. The smallest absolute Gasteiger partial charge is 0.295 e. The number of rotatable bonds is 2. The van der Waals surface area contributed by atoms with E-state index in [1.807, 2.05) is 19.9 Å². The Morgan fingerprint density at radius 2 is 1.74 bits per heavy atom. The molecule has 1 aromatic carbocycles. The molecule has 3 aromatic rings. The van der Waals surface area contributed by atoms with E-state index in [0.717, 1.165) is 11.4 Å². The summed E-state index contributed by atoms with van der Waals surface area (Å²) in [5, 5.41) is 7.60. The number of hydrogen-bond donors (Lipinski definition) is 1. The minimum atomic E-state index is -0.521. The molecule has 0 saturated heterocycles. The van der Waals surface area contributed by atoms with Crippen molar-refractivity contribution in [3.63, 3.8) is 0 Å². The summed E-state index contributed by atoms with van der Waals surface area (Å²) >= 11 is 17.8. The lowest BCUT2D eigenvalue weighted by atomic mass is 10.3.